The predicted octanol–water partition coefficient (Wildman–Crippen LogP) is 4.88. The van der Waals surface area contributed by atoms with E-state index in [0.29, 0.717) is 0 Å². The van der Waals surface area contributed by atoms with Gasteiger partial charge in [0.1, 0.15) is 0 Å². The molecule has 0 amide bonds. The Bertz CT molecular complexity index is 189. The maximum Gasteiger partial charge on any atom is 0.0747 e. The van der Waals surface area contributed by atoms with Crippen molar-refractivity contribution in [2.45, 2.75) is 36.4 Å². The van der Waals surface area contributed by atoms with Gasteiger partial charge in [-0.05, 0) is 46.3 Å². The first-order chi connectivity index (χ1) is 7.12. The second-order valence-corrected chi connectivity index (χ2v) is 13.4. The van der Waals surface area contributed by atoms with Crippen LogP contribution in [0.4, 0.5) is 0 Å². The van der Waals surface area contributed by atoms with Crippen LogP contribution in [0.5, 0.6) is 0 Å². The quantitative estimate of drug-likeness (QED) is 0.719. The summed E-state index contributed by atoms with van der Waals surface area (Å²) in [5.41, 5.74) is 0. The molecule has 15 heavy (non-hydrogen) atoms. The maximum atomic E-state index is 3.87. The average molecular weight is 318 g/mol. The smallest absolute Gasteiger partial charge is 0.0747 e. The topological polar surface area (TPSA) is 12.0 Å². The fraction of sp³-hybridized carbons (Fsp3) is 1.00. The molecule has 2 aliphatic rings. The van der Waals surface area contributed by atoms with Crippen LogP contribution < -0.4 is 5.32 Å². The highest BCUT2D eigenvalue weighted by Crippen LogP contribution is 2.54. The second kappa shape index (κ2) is 5.80. The number of hydrogen-bond acceptors (Lipinski definition) is 7. The molecule has 2 heterocycles. The minimum Gasteiger partial charge on any atom is -0.287 e. The summed E-state index contributed by atoms with van der Waals surface area (Å²) in [6.07, 6.45) is 2.53. The monoisotopic (exact) mass is 317 g/mol. The molecule has 88 valence electrons. The van der Waals surface area contributed by atoms with Crippen molar-refractivity contribution in [3.63, 3.8) is 0 Å². The Balaban J connectivity index is 1.93. The maximum absolute atomic E-state index is 3.87. The molecular weight excluding hydrogens is 302 g/mol. The Morgan fingerprint density at radius 3 is 1.67 bits per heavy atom. The van der Waals surface area contributed by atoms with Gasteiger partial charge in [0.15, 0.2) is 0 Å². The summed E-state index contributed by atoms with van der Waals surface area (Å²) >= 11 is 0. The lowest BCUT2D eigenvalue weighted by Gasteiger charge is -2.42. The Morgan fingerprint density at radius 1 is 0.867 bits per heavy atom. The zero-order valence-electron chi connectivity index (χ0n) is 8.78. The summed E-state index contributed by atoms with van der Waals surface area (Å²) in [5.74, 6) is 2.54. The summed E-state index contributed by atoms with van der Waals surface area (Å²) in [5, 5.41) is 3.87. The van der Waals surface area contributed by atoms with Crippen LogP contribution in [0, 0.1) is 0 Å². The van der Waals surface area contributed by atoms with Gasteiger partial charge < -0.3 is 0 Å². The molecule has 1 nitrogen and oxygen atoms in total. The van der Waals surface area contributed by atoms with Crippen LogP contribution in [0.25, 0.3) is 0 Å². The van der Waals surface area contributed by atoms with E-state index < -0.39 is 0 Å². The zero-order valence-corrected chi connectivity index (χ0v) is 13.7. The third kappa shape index (κ3) is 4.03. The van der Waals surface area contributed by atoms with E-state index in [-0.39, 0.29) is 9.74 Å². The summed E-state index contributed by atoms with van der Waals surface area (Å²) in [4.78, 5) is 0.528. The molecule has 0 spiro atoms. The molecule has 1 N–H and O–H groups in total. The Hall–Kier alpha value is 2.06. The van der Waals surface area contributed by atoms with Crippen LogP contribution in [-0.4, -0.2) is 21.2 Å². The third-order valence-corrected chi connectivity index (χ3v) is 12.0. The summed E-state index contributed by atoms with van der Waals surface area (Å²) in [6.45, 7) is 4.70. The molecule has 2 fully saturated rings. The molecule has 2 saturated heterocycles. The highest BCUT2D eigenvalue weighted by Gasteiger charge is 2.38. The molecule has 2 unspecified atom stereocenters. The molecular formula is C8H15NS6. The van der Waals surface area contributed by atoms with Gasteiger partial charge in [0.2, 0.25) is 0 Å². The van der Waals surface area contributed by atoms with E-state index in [1.165, 1.54) is 24.3 Å². The van der Waals surface area contributed by atoms with Crippen molar-refractivity contribution < 1.29 is 0 Å². The third-order valence-electron chi connectivity index (χ3n) is 2.39. The van der Waals surface area contributed by atoms with E-state index in [1.54, 1.807) is 0 Å². The molecule has 2 atom stereocenters. The Morgan fingerprint density at radius 2 is 1.33 bits per heavy atom. The van der Waals surface area contributed by atoms with Crippen molar-refractivity contribution in [2.24, 2.45) is 0 Å². The van der Waals surface area contributed by atoms with Gasteiger partial charge in [-0.15, -0.1) is 0 Å². The molecule has 2 aliphatic heterocycles. The first kappa shape index (κ1) is 13.5. The van der Waals surface area contributed by atoms with Crippen LogP contribution in [0.1, 0.15) is 26.7 Å². The number of nitrogens with one attached hydrogen (secondary N) is 1. The predicted molar refractivity (Wildman–Crippen MR) is 84.5 cm³/mol. The van der Waals surface area contributed by atoms with Crippen molar-refractivity contribution >= 4 is 62.8 Å². The summed E-state index contributed by atoms with van der Waals surface area (Å²) in [6, 6.07) is 0. The Labute approximate surface area is 115 Å². The standard InChI is InChI=1S/C8H15NS6/c1-7(3-5-10-14-12-7)9-8(2)4-6-11-15-13-8/h9H,3-6H2,1-2H3. The molecule has 7 heteroatoms. The van der Waals surface area contributed by atoms with Crippen LogP contribution in [0.3, 0.4) is 0 Å². The van der Waals surface area contributed by atoms with Gasteiger partial charge in [0, 0.05) is 11.5 Å². The van der Waals surface area contributed by atoms with Gasteiger partial charge in [-0.2, -0.15) is 0 Å². The SMILES string of the molecule is CC1(NC2(C)CCSSS2)CCSSS1. The second-order valence-electron chi connectivity index (χ2n) is 4.03. The lowest BCUT2D eigenvalue weighted by Crippen LogP contribution is -2.52. The van der Waals surface area contributed by atoms with Gasteiger partial charge in [0.25, 0.3) is 0 Å². The fourth-order valence-electron chi connectivity index (χ4n) is 1.55. The molecule has 0 aromatic rings. The van der Waals surface area contributed by atoms with E-state index in [0.717, 1.165) is 0 Å². The van der Waals surface area contributed by atoms with Gasteiger partial charge in [-0.1, -0.05) is 43.2 Å². The fourth-order valence-corrected chi connectivity index (χ4v) is 11.9. The van der Waals surface area contributed by atoms with E-state index in [9.17, 15) is 0 Å². The zero-order chi connectivity index (χ0) is 10.8. The molecule has 0 bridgehead atoms. The number of hydrogen-bond donors (Lipinski definition) is 1. The highest BCUT2D eigenvalue weighted by molar-refractivity contribution is 9.10. The van der Waals surface area contributed by atoms with Crippen molar-refractivity contribution in [3.05, 3.63) is 0 Å². The van der Waals surface area contributed by atoms with Gasteiger partial charge >= 0.3 is 0 Å². The molecule has 0 aromatic heterocycles. The lowest BCUT2D eigenvalue weighted by atomic mass is 10.1. The first-order valence-corrected chi connectivity index (χ1v) is 12.2. The van der Waals surface area contributed by atoms with E-state index in [2.05, 4.69) is 19.2 Å². The number of rotatable bonds is 2. The normalized spacial score (nSPS) is 42.8. The van der Waals surface area contributed by atoms with E-state index >= 15 is 0 Å². The van der Waals surface area contributed by atoms with Crippen LogP contribution >= 0.6 is 62.8 Å². The van der Waals surface area contributed by atoms with Gasteiger partial charge in [-0.3, -0.25) is 5.32 Å². The largest absolute Gasteiger partial charge is 0.287 e. The summed E-state index contributed by atoms with van der Waals surface area (Å²) in [7, 11) is 11.8. The van der Waals surface area contributed by atoms with Gasteiger partial charge in [0.05, 0.1) is 9.74 Å². The van der Waals surface area contributed by atoms with E-state index in [4.69, 9.17) is 0 Å². The molecule has 0 aromatic carbocycles. The molecule has 0 radical (unpaired) electrons. The van der Waals surface area contributed by atoms with Crippen molar-refractivity contribution in [1.29, 1.82) is 0 Å². The Kier molecular flexibility index (Phi) is 5.22. The lowest BCUT2D eigenvalue weighted by molar-refractivity contribution is 0.392. The highest BCUT2D eigenvalue weighted by atomic mass is 33.5. The van der Waals surface area contributed by atoms with Crippen LogP contribution in [0.2, 0.25) is 0 Å². The van der Waals surface area contributed by atoms with Crippen molar-refractivity contribution in [1.82, 2.24) is 5.32 Å². The molecule has 0 aliphatic carbocycles. The van der Waals surface area contributed by atoms with Crippen molar-refractivity contribution in [2.75, 3.05) is 11.5 Å². The van der Waals surface area contributed by atoms with E-state index in [1.807, 2.05) is 62.8 Å². The van der Waals surface area contributed by atoms with Crippen LogP contribution in [-0.2, 0) is 0 Å². The van der Waals surface area contributed by atoms with Crippen molar-refractivity contribution in [3.8, 4) is 0 Å². The first-order valence-electron chi connectivity index (χ1n) is 4.86. The molecule has 2 rings (SSSR count). The van der Waals surface area contributed by atoms with Crippen LogP contribution in [0.15, 0.2) is 0 Å². The summed E-state index contributed by atoms with van der Waals surface area (Å²) < 4.78 is 0. The average Bonchev–Trinajstić information content (AvgIpc) is 2.18. The minimum atomic E-state index is 0.264. The minimum absolute atomic E-state index is 0.264. The van der Waals surface area contributed by atoms with Gasteiger partial charge in [-0.25, -0.2) is 0 Å². The molecule has 0 saturated carbocycles.